The van der Waals surface area contributed by atoms with Gasteiger partial charge in [-0.05, 0) is 37.5 Å². The van der Waals surface area contributed by atoms with Crippen LogP contribution in [0.5, 0.6) is 0 Å². The molecule has 0 aliphatic heterocycles. The molecule has 3 nitrogen and oxygen atoms in total. The van der Waals surface area contributed by atoms with Crippen LogP contribution in [-0.4, -0.2) is 25.7 Å². The number of hydrogen-bond acceptors (Lipinski definition) is 3. The van der Waals surface area contributed by atoms with E-state index in [1.807, 2.05) is 0 Å². The van der Waals surface area contributed by atoms with E-state index in [9.17, 15) is 4.79 Å². The maximum Gasteiger partial charge on any atom is 0.319 e. The van der Waals surface area contributed by atoms with Crippen molar-refractivity contribution in [2.24, 2.45) is 11.8 Å². The third kappa shape index (κ3) is 4.48. The van der Waals surface area contributed by atoms with Gasteiger partial charge in [-0.2, -0.15) is 0 Å². The molecule has 0 bridgehead atoms. The summed E-state index contributed by atoms with van der Waals surface area (Å²) < 4.78 is 4.77. The van der Waals surface area contributed by atoms with Gasteiger partial charge in [0.15, 0.2) is 0 Å². The van der Waals surface area contributed by atoms with Gasteiger partial charge in [-0.25, -0.2) is 0 Å². The van der Waals surface area contributed by atoms with Gasteiger partial charge < -0.3 is 10.1 Å². The standard InChI is InChI=1S/C16H29NO2/c1-19-15(18)12-17-16(13-8-4-2-5-9-13)14-10-6-3-7-11-14/h13-14,16-17H,2-12H2,1H3. The van der Waals surface area contributed by atoms with E-state index < -0.39 is 0 Å². The average molecular weight is 267 g/mol. The van der Waals surface area contributed by atoms with Gasteiger partial charge in [-0.3, -0.25) is 4.79 Å². The van der Waals surface area contributed by atoms with Crippen LogP contribution in [0, 0.1) is 11.8 Å². The van der Waals surface area contributed by atoms with Gasteiger partial charge in [0.25, 0.3) is 0 Å². The summed E-state index contributed by atoms with van der Waals surface area (Å²) in [4.78, 5) is 11.4. The van der Waals surface area contributed by atoms with Crippen LogP contribution in [-0.2, 0) is 9.53 Å². The Morgan fingerprint density at radius 1 is 1.00 bits per heavy atom. The summed E-state index contributed by atoms with van der Waals surface area (Å²) in [6, 6.07) is 0.541. The highest BCUT2D eigenvalue weighted by Crippen LogP contribution is 2.35. The molecular formula is C16H29NO2. The van der Waals surface area contributed by atoms with Crippen LogP contribution in [0.4, 0.5) is 0 Å². The minimum Gasteiger partial charge on any atom is -0.468 e. The number of esters is 1. The molecule has 0 spiro atoms. The zero-order chi connectivity index (χ0) is 13.5. The third-order valence-electron chi connectivity index (χ3n) is 5.03. The Hall–Kier alpha value is -0.570. The van der Waals surface area contributed by atoms with Crippen molar-refractivity contribution >= 4 is 5.97 Å². The molecule has 2 rings (SSSR count). The molecule has 0 aromatic rings. The van der Waals surface area contributed by atoms with Gasteiger partial charge >= 0.3 is 5.97 Å². The molecule has 0 atom stereocenters. The number of carbonyl (C=O) groups excluding carboxylic acids is 1. The second-order valence-electron chi connectivity index (χ2n) is 6.28. The van der Waals surface area contributed by atoms with E-state index in [4.69, 9.17) is 4.74 Å². The predicted octanol–water partition coefficient (Wildman–Crippen LogP) is 3.28. The molecular weight excluding hydrogens is 238 g/mol. The molecule has 0 aromatic heterocycles. The van der Waals surface area contributed by atoms with Gasteiger partial charge in [-0.1, -0.05) is 38.5 Å². The summed E-state index contributed by atoms with van der Waals surface area (Å²) in [5.74, 6) is 1.43. The number of ether oxygens (including phenoxy) is 1. The highest BCUT2D eigenvalue weighted by Gasteiger charge is 2.31. The molecule has 2 fully saturated rings. The minimum atomic E-state index is -0.128. The van der Waals surface area contributed by atoms with Crippen LogP contribution in [0.3, 0.4) is 0 Å². The van der Waals surface area contributed by atoms with Crippen molar-refractivity contribution in [3.05, 3.63) is 0 Å². The highest BCUT2D eigenvalue weighted by molar-refractivity contribution is 5.71. The number of methoxy groups -OCH3 is 1. The lowest BCUT2D eigenvalue weighted by molar-refractivity contribution is -0.139. The summed E-state index contributed by atoms with van der Waals surface area (Å²) >= 11 is 0. The van der Waals surface area contributed by atoms with E-state index in [0.717, 1.165) is 11.8 Å². The van der Waals surface area contributed by atoms with Gasteiger partial charge in [-0.15, -0.1) is 0 Å². The average Bonchev–Trinajstić information content (AvgIpc) is 2.49. The SMILES string of the molecule is COC(=O)CNC(C1CCCCC1)C1CCCCC1. The normalized spacial score (nSPS) is 22.6. The maximum atomic E-state index is 11.4. The Bertz CT molecular complexity index is 250. The van der Waals surface area contributed by atoms with E-state index in [1.54, 1.807) is 0 Å². The van der Waals surface area contributed by atoms with Gasteiger partial charge in [0.1, 0.15) is 0 Å². The molecule has 0 saturated heterocycles. The molecule has 0 radical (unpaired) electrons. The topological polar surface area (TPSA) is 38.3 Å². The number of hydrogen-bond donors (Lipinski definition) is 1. The molecule has 2 saturated carbocycles. The largest absolute Gasteiger partial charge is 0.468 e. The number of nitrogens with one attached hydrogen (secondary N) is 1. The minimum absolute atomic E-state index is 0.128. The van der Waals surface area contributed by atoms with E-state index in [-0.39, 0.29) is 5.97 Å². The van der Waals surface area contributed by atoms with Crippen molar-refractivity contribution in [1.82, 2.24) is 5.32 Å². The molecule has 1 N–H and O–H groups in total. The maximum absolute atomic E-state index is 11.4. The summed E-state index contributed by atoms with van der Waals surface area (Å²) in [6.45, 7) is 0.383. The van der Waals surface area contributed by atoms with Crippen molar-refractivity contribution in [2.45, 2.75) is 70.3 Å². The van der Waals surface area contributed by atoms with Crippen LogP contribution in [0.25, 0.3) is 0 Å². The smallest absolute Gasteiger partial charge is 0.319 e. The Morgan fingerprint density at radius 3 is 1.89 bits per heavy atom. The predicted molar refractivity (Wildman–Crippen MR) is 77.0 cm³/mol. The second-order valence-corrected chi connectivity index (χ2v) is 6.28. The van der Waals surface area contributed by atoms with Crippen LogP contribution in [0.1, 0.15) is 64.2 Å². The van der Waals surface area contributed by atoms with Crippen LogP contribution < -0.4 is 5.32 Å². The summed E-state index contributed by atoms with van der Waals surface area (Å²) in [6.07, 6.45) is 13.6. The molecule has 19 heavy (non-hydrogen) atoms. The fourth-order valence-electron chi connectivity index (χ4n) is 3.98. The first kappa shape index (κ1) is 14.8. The molecule has 0 heterocycles. The van der Waals surface area contributed by atoms with Crippen LogP contribution in [0.2, 0.25) is 0 Å². The molecule has 0 aromatic carbocycles. The summed E-state index contributed by atoms with van der Waals surface area (Å²) in [7, 11) is 1.47. The van der Waals surface area contributed by atoms with E-state index >= 15 is 0 Å². The molecule has 0 amide bonds. The second kappa shape index (κ2) is 7.88. The lowest BCUT2D eigenvalue weighted by Gasteiger charge is -2.38. The highest BCUT2D eigenvalue weighted by atomic mass is 16.5. The third-order valence-corrected chi connectivity index (χ3v) is 5.03. The quantitative estimate of drug-likeness (QED) is 0.777. The first-order valence-electron chi connectivity index (χ1n) is 8.11. The fraction of sp³-hybridized carbons (Fsp3) is 0.938. The summed E-state index contributed by atoms with van der Waals surface area (Å²) in [5, 5.41) is 3.54. The molecule has 2 aliphatic rings. The van der Waals surface area contributed by atoms with E-state index in [1.165, 1.54) is 71.3 Å². The zero-order valence-corrected chi connectivity index (χ0v) is 12.3. The lowest BCUT2D eigenvalue weighted by atomic mass is 9.74. The number of rotatable bonds is 5. The fourth-order valence-corrected chi connectivity index (χ4v) is 3.98. The number of carbonyl (C=O) groups is 1. The van der Waals surface area contributed by atoms with Gasteiger partial charge in [0, 0.05) is 6.04 Å². The van der Waals surface area contributed by atoms with Crippen LogP contribution >= 0.6 is 0 Å². The van der Waals surface area contributed by atoms with Crippen molar-refractivity contribution in [1.29, 1.82) is 0 Å². The van der Waals surface area contributed by atoms with Crippen molar-refractivity contribution in [2.75, 3.05) is 13.7 Å². The van der Waals surface area contributed by atoms with Crippen LogP contribution in [0.15, 0.2) is 0 Å². The Labute approximate surface area is 117 Å². The van der Waals surface area contributed by atoms with Crippen molar-refractivity contribution in [3.8, 4) is 0 Å². The molecule has 3 heteroatoms. The first-order chi connectivity index (χ1) is 9.31. The Kier molecular flexibility index (Phi) is 6.15. The van der Waals surface area contributed by atoms with Gasteiger partial charge in [0.05, 0.1) is 13.7 Å². The molecule has 110 valence electrons. The molecule has 2 aliphatic carbocycles. The van der Waals surface area contributed by atoms with E-state index in [0.29, 0.717) is 12.6 Å². The monoisotopic (exact) mass is 267 g/mol. The van der Waals surface area contributed by atoms with E-state index in [2.05, 4.69) is 5.32 Å². The first-order valence-corrected chi connectivity index (χ1v) is 8.11. The Balaban J connectivity index is 1.92. The lowest BCUT2D eigenvalue weighted by Crippen LogP contribution is -2.46. The van der Waals surface area contributed by atoms with Crippen molar-refractivity contribution in [3.63, 3.8) is 0 Å². The summed E-state index contributed by atoms with van der Waals surface area (Å²) in [5.41, 5.74) is 0. The van der Waals surface area contributed by atoms with Crippen molar-refractivity contribution < 1.29 is 9.53 Å². The van der Waals surface area contributed by atoms with Gasteiger partial charge in [0.2, 0.25) is 0 Å². The zero-order valence-electron chi connectivity index (χ0n) is 12.3. The Morgan fingerprint density at radius 2 is 1.47 bits per heavy atom. The molecule has 0 unspecified atom stereocenters.